The number of aromatic hydroxyl groups is 1. The van der Waals surface area contributed by atoms with Crippen molar-refractivity contribution in [3.05, 3.63) is 51.6 Å². The molecule has 1 aromatic heterocycles. The molecule has 0 saturated carbocycles. The van der Waals surface area contributed by atoms with Gasteiger partial charge in [-0.25, -0.2) is 4.98 Å². The number of anilines is 1. The molecular weight excluding hydrogens is 445 g/mol. The van der Waals surface area contributed by atoms with E-state index in [0.717, 1.165) is 13.8 Å². The van der Waals surface area contributed by atoms with Gasteiger partial charge in [0.15, 0.2) is 10.2 Å². The summed E-state index contributed by atoms with van der Waals surface area (Å²) in [6.07, 6.45) is 0. The predicted octanol–water partition coefficient (Wildman–Crippen LogP) is 3.73. The number of phenolic OH excluding ortho intramolecular Hbond substituents is 1. The van der Waals surface area contributed by atoms with Gasteiger partial charge >= 0.3 is 0 Å². The number of aromatic nitrogens is 1. The predicted molar refractivity (Wildman–Crippen MR) is 104 cm³/mol. The smallest absolute Gasteiger partial charge is 0.258 e. The van der Waals surface area contributed by atoms with Crippen molar-refractivity contribution in [2.24, 2.45) is 0 Å². The summed E-state index contributed by atoms with van der Waals surface area (Å²) in [5.74, 6) is -0.0894. The van der Waals surface area contributed by atoms with E-state index in [2.05, 4.69) is 38.2 Å². The molecule has 0 spiro atoms. The van der Waals surface area contributed by atoms with Crippen LogP contribution < -0.4 is 10.6 Å². The van der Waals surface area contributed by atoms with Gasteiger partial charge in [-0.05, 0) is 65.1 Å². The number of phenols is 1. The van der Waals surface area contributed by atoms with E-state index in [1.54, 1.807) is 30.3 Å². The number of nitrogens with zero attached hydrogens (tertiary/aromatic N) is 1. The zero-order valence-corrected chi connectivity index (χ0v) is 15.3. The van der Waals surface area contributed by atoms with E-state index in [1.807, 2.05) is 12.1 Å². The Morgan fingerprint density at radius 3 is 2.83 bits per heavy atom. The molecule has 0 unspecified atom stereocenters. The van der Waals surface area contributed by atoms with Gasteiger partial charge in [-0.3, -0.25) is 10.1 Å². The van der Waals surface area contributed by atoms with Gasteiger partial charge < -0.3 is 10.4 Å². The number of halogens is 1. The van der Waals surface area contributed by atoms with Gasteiger partial charge in [-0.15, -0.1) is 0 Å². The van der Waals surface area contributed by atoms with Crippen LogP contribution in [0.4, 0.5) is 5.13 Å². The molecule has 8 heteroatoms. The number of fused-ring (bicyclic) bond motifs is 1. The van der Waals surface area contributed by atoms with E-state index in [-0.39, 0.29) is 16.8 Å². The van der Waals surface area contributed by atoms with E-state index in [0.29, 0.717) is 10.7 Å². The fraction of sp³-hybridized carbons (Fsp3) is 0. The molecule has 1 heterocycles. The summed E-state index contributed by atoms with van der Waals surface area (Å²) >= 11 is 8.60. The van der Waals surface area contributed by atoms with Crippen molar-refractivity contribution < 1.29 is 9.90 Å². The molecule has 0 fully saturated rings. The van der Waals surface area contributed by atoms with E-state index in [9.17, 15) is 9.90 Å². The number of rotatable bonds is 2. The van der Waals surface area contributed by atoms with Gasteiger partial charge in [0.1, 0.15) is 5.75 Å². The minimum absolute atomic E-state index is 0.179. The molecule has 3 N–H and O–H groups in total. The number of thiazole rings is 1. The molecule has 116 valence electrons. The molecule has 0 saturated heterocycles. The van der Waals surface area contributed by atoms with Crippen LogP contribution in [0, 0.1) is 3.57 Å². The summed E-state index contributed by atoms with van der Waals surface area (Å²) < 4.78 is 1.68. The van der Waals surface area contributed by atoms with Crippen molar-refractivity contribution in [2.45, 2.75) is 0 Å². The molecule has 0 bridgehead atoms. The fourth-order valence-corrected chi connectivity index (χ4v) is 3.70. The Bertz CT molecular complexity index is 911. The van der Waals surface area contributed by atoms with Crippen LogP contribution in [-0.2, 0) is 0 Å². The first-order chi connectivity index (χ1) is 11.0. The third kappa shape index (κ3) is 3.77. The van der Waals surface area contributed by atoms with Crippen molar-refractivity contribution in [3.8, 4) is 5.75 Å². The molecule has 0 aliphatic carbocycles. The molecule has 0 atom stereocenters. The Balaban J connectivity index is 1.71. The number of hydrogen-bond acceptors (Lipinski definition) is 5. The molecule has 0 aliphatic heterocycles. The quantitative estimate of drug-likeness (QED) is 0.406. The zero-order valence-electron chi connectivity index (χ0n) is 11.5. The summed E-state index contributed by atoms with van der Waals surface area (Å²) in [6.45, 7) is 0. The maximum Gasteiger partial charge on any atom is 0.258 e. The second-order valence-electron chi connectivity index (χ2n) is 4.56. The van der Waals surface area contributed by atoms with Crippen molar-refractivity contribution >= 4 is 72.5 Å². The molecular formula is C15H10IN3O2S2. The Hall–Kier alpha value is -1.78. The lowest BCUT2D eigenvalue weighted by Crippen LogP contribution is -2.34. The SMILES string of the molecule is O=C(NC(=S)Nc1nc2ccc(O)cc2s1)c1ccccc1I. The molecule has 2 aromatic carbocycles. The van der Waals surface area contributed by atoms with Crippen LogP contribution in [0.1, 0.15) is 10.4 Å². The van der Waals surface area contributed by atoms with E-state index < -0.39 is 0 Å². The topological polar surface area (TPSA) is 74.2 Å². The first-order valence-electron chi connectivity index (χ1n) is 6.49. The van der Waals surface area contributed by atoms with Gasteiger partial charge in [-0.2, -0.15) is 0 Å². The van der Waals surface area contributed by atoms with Crippen LogP contribution in [0.3, 0.4) is 0 Å². The average molecular weight is 455 g/mol. The highest BCUT2D eigenvalue weighted by molar-refractivity contribution is 14.1. The number of thiocarbonyl (C=S) groups is 1. The minimum atomic E-state index is -0.272. The molecule has 1 amide bonds. The third-order valence-corrected chi connectivity index (χ3v) is 5.02. The normalized spacial score (nSPS) is 10.5. The van der Waals surface area contributed by atoms with Crippen LogP contribution in [0.5, 0.6) is 5.75 Å². The zero-order chi connectivity index (χ0) is 16.4. The highest BCUT2D eigenvalue weighted by Gasteiger charge is 2.12. The van der Waals surface area contributed by atoms with Gasteiger partial charge in [0.2, 0.25) is 0 Å². The Labute approximate surface area is 154 Å². The Kier molecular flexibility index (Phi) is 4.74. The van der Waals surface area contributed by atoms with Crippen molar-refractivity contribution in [2.75, 3.05) is 5.32 Å². The van der Waals surface area contributed by atoms with Crippen molar-refractivity contribution in [3.63, 3.8) is 0 Å². The number of carbonyl (C=O) groups is 1. The van der Waals surface area contributed by atoms with Crippen LogP contribution in [0.25, 0.3) is 10.2 Å². The van der Waals surface area contributed by atoms with Gasteiger partial charge in [0.25, 0.3) is 5.91 Å². The molecule has 0 aliphatic rings. The summed E-state index contributed by atoms with van der Waals surface area (Å²) in [6, 6.07) is 12.2. The second kappa shape index (κ2) is 6.77. The lowest BCUT2D eigenvalue weighted by atomic mass is 10.2. The van der Waals surface area contributed by atoms with Gasteiger partial charge in [0, 0.05) is 3.57 Å². The maximum atomic E-state index is 12.2. The first-order valence-corrected chi connectivity index (χ1v) is 8.80. The first kappa shape index (κ1) is 16.1. The Morgan fingerprint density at radius 2 is 2.04 bits per heavy atom. The van der Waals surface area contributed by atoms with Crippen molar-refractivity contribution in [1.29, 1.82) is 0 Å². The van der Waals surface area contributed by atoms with Crippen LogP contribution >= 0.6 is 46.1 Å². The minimum Gasteiger partial charge on any atom is -0.508 e. The highest BCUT2D eigenvalue weighted by Crippen LogP contribution is 2.28. The van der Waals surface area contributed by atoms with E-state index in [1.165, 1.54) is 11.3 Å². The van der Waals surface area contributed by atoms with Gasteiger partial charge in [-0.1, -0.05) is 23.5 Å². The fourth-order valence-electron chi connectivity index (χ4n) is 1.91. The summed E-state index contributed by atoms with van der Waals surface area (Å²) in [5, 5.41) is 15.7. The highest BCUT2D eigenvalue weighted by atomic mass is 127. The lowest BCUT2D eigenvalue weighted by molar-refractivity contribution is 0.0977. The standard InChI is InChI=1S/C15H10IN3O2S2/c16-10-4-2-1-3-9(10)13(21)18-14(22)19-15-17-11-6-5-8(20)7-12(11)23-15/h1-7,20H,(H2,17,18,19,21,22). The molecule has 0 radical (unpaired) electrons. The number of benzene rings is 2. The summed E-state index contributed by atoms with van der Waals surface area (Å²) in [4.78, 5) is 16.5. The van der Waals surface area contributed by atoms with Crippen LogP contribution in [0.2, 0.25) is 0 Å². The molecule has 23 heavy (non-hydrogen) atoms. The number of nitrogens with one attached hydrogen (secondary N) is 2. The van der Waals surface area contributed by atoms with Gasteiger partial charge in [0.05, 0.1) is 15.8 Å². The summed E-state index contributed by atoms with van der Waals surface area (Å²) in [5.41, 5.74) is 1.31. The Morgan fingerprint density at radius 1 is 1.26 bits per heavy atom. The second-order valence-corrected chi connectivity index (χ2v) is 7.16. The number of amides is 1. The van der Waals surface area contributed by atoms with Crippen LogP contribution in [-0.4, -0.2) is 21.1 Å². The maximum absolute atomic E-state index is 12.2. The number of hydrogen-bond donors (Lipinski definition) is 3. The summed E-state index contributed by atoms with van der Waals surface area (Å²) in [7, 11) is 0. The van der Waals surface area contributed by atoms with Crippen molar-refractivity contribution in [1.82, 2.24) is 10.3 Å². The average Bonchev–Trinajstić information content (AvgIpc) is 2.88. The third-order valence-electron chi connectivity index (χ3n) is 2.94. The molecule has 3 aromatic rings. The molecule has 3 rings (SSSR count). The monoisotopic (exact) mass is 455 g/mol. The van der Waals surface area contributed by atoms with E-state index >= 15 is 0 Å². The molecule has 5 nitrogen and oxygen atoms in total. The largest absolute Gasteiger partial charge is 0.508 e. The number of carbonyl (C=O) groups excluding carboxylic acids is 1. The lowest BCUT2D eigenvalue weighted by Gasteiger charge is -2.08. The van der Waals surface area contributed by atoms with E-state index in [4.69, 9.17) is 12.2 Å². The van der Waals surface area contributed by atoms with Crippen LogP contribution in [0.15, 0.2) is 42.5 Å².